The second-order valence-corrected chi connectivity index (χ2v) is 8.20. The van der Waals surface area contributed by atoms with Crippen LogP contribution in [0, 0.1) is 6.92 Å². The number of hydrogen-bond donors (Lipinski definition) is 2. The molecule has 33 heavy (non-hydrogen) atoms. The quantitative estimate of drug-likeness (QED) is 0.371. The molecule has 0 aliphatic rings. The van der Waals surface area contributed by atoms with Crippen molar-refractivity contribution in [3.63, 3.8) is 0 Å². The van der Waals surface area contributed by atoms with Crippen LogP contribution in [0.3, 0.4) is 0 Å². The molecule has 0 unspecified atom stereocenters. The van der Waals surface area contributed by atoms with Crippen molar-refractivity contribution in [3.05, 3.63) is 101 Å². The molecule has 0 aliphatic carbocycles. The fraction of sp³-hybridized carbons (Fsp3) is 0.0769. The second kappa shape index (κ2) is 8.48. The van der Waals surface area contributed by atoms with E-state index >= 15 is 0 Å². The van der Waals surface area contributed by atoms with Gasteiger partial charge in [0.15, 0.2) is 0 Å². The first-order valence-corrected chi connectivity index (χ1v) is 10.8. The van der Waals surface area contributed by atoms with E-state index in [0.717, 1.165) is 33.3 Å². The summed E-state index contributed by atoms with van der Waals surface area (Å²) in [7, 11) is 0. The molecule has 0 aliphatic heterocycles. The molecule has 0 bridgehead atoms. The summed E-state index contributed by atoms with van der Waals surface area (Å²) in [6.07, 6.45) is 3.71. The van der Waals surface area contributed by atoms with Crippen molar-refractivity contribution in [2.24, 2.45) is 0 Å². The van der Waals surface area contributed by atoms with Gasteiger partial charge in [-0.3, -0.25) is 9.78 Å². The molecular formula is C26H20ClN5O. The molecule has 7 heteroatoms. The van der Waals surface area contributed by atoms with Gasteiger partial charge in [-0.15, -0.1) is 0 Å². The summed E-state index contributed by atoms with van der Waals surface area (Å²) < 4.78 is 0. The zero-order valence-electron chi connectivity index (χ0n) is 17.8. The molecule has 0 radical (unpaired) electrons. The molecule has 5 aromatic rings. The number of nitrogens with two attached hydrogens (primary N) is 1. The maximum absolute atomic E-state index is 13.3. The van der Waals surface area contributed by atoms with E-state index in [-0.39, 0.29) is 5.91 Å². The van der Waals surface area contributed by atoms with Gasteiger partial charge in [0, 0.05) is 33.8 Å². The first-order valence-electron chi connectivity index (χ1n) is 10.4. The fourth-order valence-electron chi connectivity index (χ4n) is 4.03. The Hall–Kier alpha value is -4.03. The van der Waals surface area contributed by atoms with Crippen LogP contribution in [0.1, 0.15) is 27.2 Å². The molecule has 2 aromatic heterocycles. The van der Waals surface area contributed by atoms with E-state index in [0.29, 0.717) is 33.7 Å². The molecule has 3 aromatic carbocycles. The molecule has 0 saturated carbocycles. The van der Waals surface area contributed by atoms with Crippen LogP contribution in [-0.2, 0) is 6.42 Å². The standard InChI is InChI=1S/C26H20ClN5O/c1-15-9-10-17-18(11-12-29-22(17)13-16-5-2-3-8-21(16)27)23(15)32-26(33)20-7-4-6-19-24(20)30-14-31-25(19)28/h2-12,14H,13H2,1H3,(H,32,33)(H2,28,30,31). The van der Waals surface area contributed by atoms with Gasteiger partial charge in [-0.2, -0.15) is 0 Å². The number of amides is 1. The van der Waals surface area contributed by atoms with Crippen LogP contribution < -0.4 is 11.1 Å². The minimum atomic E-state index is -0.265. The highest BCUT2D eigenvalue weighted by Gasteiger charge is 2.17. The largest absolute Gasteiger partial charge is 0.383 e. The zero-order valence-corrected chi connectivity index (χ0v) is 18.6. The highest BCUT2D eigenvalue weighted by molar-refractivity contribution is 6.31. The van der Waals surface area contributed by atoms with Crippen LogP contribution in [0.25, 0.3) is 21.7 Å². The van der Waals surface area contributed by atoms with Gasteiger partial charge in [-0.1, -0.05) is 48.0 Å². The first kappa shape index (κ1) is 20.8. The molecule has 1 amide bonds. The number of benzene rings is 3. The minimum Gasteiger partial charge on any atom is -0.383 e. The number of anilines is 2. The zero-order chi connectivity index (χ0) is 22.9. The smallest absolute Gasteiger partial charge is 0.257 e. The SMILES string of the molecule is Cc1ccc2c(Cc3ccccc3Cl)nccc2c1NC(=O)c1cccc2c(N)ncnc12. The van der Waals surface area contributed by atoms with E-state index in [1.807, 2.05) is 49.4 Å². The van der Waals surface area contributed by atoms with Crippen LogP contribution >= 0.6 is 11.6 Å². The molecule has 0 fully saturated rings. The lowest BCUT2D eigenvalue weighted by molar-refractivity contribution is 0.102. The Balaban J connectivity index is 1.57. The number of aryl methyl sites for hydroxylation is 1. The Kier molecular flexibility index (Phi) is 5.36. The van der Waals surface area contributed by atoms with Crippen molar-refractivity contribution < 1.29 is 4.79 Å². The average molecular weight is 454 g/mol. The summed E-state index contributed by atoms with van der Waals surface area (Å²) in [6, 6.07) is 19.0. The summed E-state index contributed by atoms with van der Waals surface area (Å²) in [5, 5.41) is 6.31. The van der Waals surface area contributed by atoms with Crippen LogP contribution in [0.2, 0.25) is 5.02 Å². The van der Waals surface area contributed by atoms with E-state index < -0.39 is 0 Å². The van der Waals surface area contributed by atoms with Crippen molar-refractivity contribution in [1.82, 2.24) is 15.0 Å². The van der Waals surface area contributed by atoms with E-state index in [1.54, 1.807) is 24.4 Å². The van der Waals surface area contributed by atoms with E-state index in [9.17, 15) is 4.79 Å². The molecule has 3 N–H and O–H groups in total. The Bertz CT molecular complexity index is 1530. The minimum absolute atomic E-state index is 0.265. The van der Waals surface area contributed by atoms with Crippen molar-refractivity contribution in [2.45, 2.75) is 13.3 Å². The molecule has 0 atom stereocenters. The number of hydrogen-bond acceptors (Lipinski definition) is 5. The summed E-state index contributed by atoms with van der Waals surface area (Å²) >= 11 is 6.37. The number of nitrogens with one attached hydrogen (secondary N) is 1. The summed E-state index contributed by atoms with van der Waals surface area (Å²) in [5.41, 5.74) is 10.5. The highest BCUT2D eigenvalue weighted by Crippen LogP contribution is 2.31. The third kappa shape index (κ3) is 3.85. The second-order valence-electron chi connectivity index (χ2n) is 7.79. The molecule has 0 saturated heterocycles. The van der Waals surface area contributed by atoms with Gasteiger partial charge in [0.2, 0.25) is 0 Å². The van der Waals surface area contributed by atoms with Gasteiger partial charge in [-0.25, -0.2) is 9.97 Å². The normalized spacial score (nSPS) is 11.1. The van der Waals surface area contributed by atoms with Crippen LogP contribution in [0.5, 0.6) is 0 Å². The number of fused-ring (bicyclic) bond motifs is 2. The molecule has 6 nitrogen and oxygen atoms in total. The topological polar surface area (TPSA) is 93.8 Å². The molecule has 2 heterocycles. The van der Waals surface area contributed by atoms with E-state index in [2.05, 4.69) is 20.3 Å². The summed E-state index contributed by atoms with van der Waals surface area (Å²) in [4.78, 5) is 26.2. The average Bonchev–Trinajstić information content (AvgIpc) is 2.82. The Morgan fingerprint density at radius 1 is 0.939 bits per heavy atom. The lowest BCUT2D eigenvalue weighted by Gasteiger charge is -2.15. The number of carbonyl (C=O) groups is 1. The van der Waals surface area contributed by atoms with Gasteiger partial charge < -0.3 is 11.1 Å². The predicted octanol–water partition coefficient (Wildman–Crippen LogP) is 5.57. The number of aromatic nitrogens is 3. The number of para-hydroxylation sites is 1. The van der Waals surface area contributed by atoms with Gasteiger partial charge in [0.25, 0.3) is 5.91 Å². The maximum Gasteiger partial charge on any atom is 0.257 e. The van der Waals surface area contributed by atoms with Crippen LogP contribution in [0.4, 0.5) is 11.5 Å². The van der Waals surface area contributed by atoms with Crippen molar-refractivity contribution in [3.8, 4) is 0 Å². The Morgan fingerprint density at radius 2 is 1.79 bits per heavy atom. The van der Waals surface area contributed by atoms with Crippen molar-refractivity contribution in [1.29, 1.82) is 0 Å². The number of nitrogen functional groups attached to an aromatic ring is 1. The van der Waals surface area contributed by atoms with Gasteiger partial charge in [0.05, 0.1) is 22.5 Å². The lowest BCUT2D eigenvalue weighted by atomic mass is 10.00. The molecular weight excluding hydrogens is 434 g/mol. The third-order valence-electron chi connectivity index (χ3n) is 5.73. The van der Waals surface area contributed by atoms with Crippen molar-refractivity contribution >= 4 is 50.7 Å². The summed E-state index contributed by atoms with van der Waals surface area (Å²) in [6.45, 7) is 1.96. The van der Waals surface area contributed by atoms with Crippen LogP contribution in [0.15, 0.2) is 73.2 Å². The van der Waals surface area contributed by atoms with Gasteiger partial charge in [0.1, 0.15) is 12.1 Å². The number of pyridine rings is 1. The number of nitrogens with zero attached hydrogens (tertiary/aromatic N) is 3. The molecule has 0 spiro atoms. The number of carbonyl (C=O) groups excluding carboxylic acids is 1. The van der Waals surface area contributed by atoms with Crippen molar-refractivity contribution in [2.75, 3.05) is 11.1 Å². The monoisotopic (exact) mass is 453 g/mol. The fourth-order valence-corrected chi connectivity index (χ4v) is 4.23. The maximum atomic E-state index is 13.3. The first-order chi connectivity index (χ1) is 16.0. The van der Waals surface area contributed by atoms with Gasteiger partial charge >= 0.3 is 0 Å². The van der Waals surface area contributed by atoms with Gasteiger partial charge in [-0.05, 0) is 42.3 Å². The Morgan fingerprint density at radius 3 is 2.64 bits per heavy atom. The third-order valence-corrected chi connectivity index (χ3v) is 6.10. The Labute approximate surface area is 195 Å². The number of rotatable bonds is 4. The van der Waals surface area contributed by atoms with E-state index in [4.69, 9.17) is 17.3 Å². The lowest BCUT2D eigenvalue weighted by Crippen LogP contribution is -2.14. The number of halogens is 1. The van der Waals surface area contributed by atoms with E-state index in [1.165, 1.54) is 6.33 Å². The predicted molar refractivity (Wildman–Crippen MR) is 133 cm³/mol. The summed E-state index contributed by atoms with van der Waals surface area (Å²) in [5.74, 6) is 0.0741. The molecule has 5 rings (SSSR count). The van der Waals surface area contributed by atoms with Crippen LogP contribution in [-0.4, -0.2) is 20.9 Å². The highest BCUT2D eigenvalue weighted by atomic mass is 35.5. The molecule has 162 valence electrons.